The zero-order valence-corrected chi connectivity index (χ0v) is 25.1. The van der Waals surface area contributed by atoms with Crippen molar-refractivity contribution in [2.45, 2.75) is 64.1 Å². The van der Waals surface area contributed by atoms with Crippen molar-refractivity contribution in [3.05, 3.63) is 62.1 Å². The van der Waals surface area contributed by atoms with Gasteiger partial charge in [-0.25, -0.2) is 8.42 Å². The number of halogens is 4. The number of hydrogen-bond donors (Lipinski definition) is 1. The van der Waals surface area contributed by atoms with Gasteiger partial charge in [0.05, 0.1) is 27.0 Å². The van der Waals surface area contributed by atoms with E-state index in [-0.39, 0.29) is 34.2 Å². The van der Waals surface area contributed by atoms with Crippen LogP contribution in [-0.4, -0.2) is 50.0 Å². The highest BCUT2D eigenvalue weighted by Gasteiger charge is 2.33. The van der Waals surface area contributed by atoms with Crippen molar-refractivity contribution in [1.82, 2.24) is 10.2 Å². The Morgan fingerprint density at radius 1 is 0.974 bits per heavy atom. The highest BCUT2D eigenvalue weighted by Crippen LogP contribution is 2.31. The predicted octanol–water partition coefficient (Wildman–Crippen LogP) is 6.32. The van der Waals surface area contributed by atoms with Crippen LogP contribution in [0.4, 0.5) is 5.69 Å². The second-order valence-corrected chi connectivity index (χ2v) is 13.0. The zero-order chi connectivity index (χ0) is 28.0. The van der Waals surface area contributed by atoms with Gasteiger partial charge in [0.15, 0.2) is 0 Å². The minimum Gasteiger partial charge on any atom is -0.352 e. The maximum atomic E-state index is 13.8. The molecule has 0 radical (unpaired) electrons. The first-order valence-electron chi connectivity index (χ1n) is 12.4. The van der Waals surface area contributed by atoms with E-state index in [0.29, 0.717) is 22.0 Å². The van der Waals surface area contributed by atoms with Crippen LogP contribution in [0.25, 0.3) is 0 Å². The van der Waals surface area contributed by atoms with Crippen LogP contribution in [0.1, 0.15) is 51.0 Å². The molecule has 2 aromatic carbocycles. The molecule has 3 rings (SSSR count). The normalized spacial score (nSPS) is 15.1. The van der Waals surface area contributed by atoms with Crippen molar-refractivity contribution in [3.8, 4) is 0 Å². The average Bonchev–Trinajstić information content (AvgIpc) is 2.86. The Labute approximate surface area is 244 Å². The van der Waals surface area contributed by atoms with E-state index in [1.54, 1.807) is 18.2 Å². The van der Waals surface area contributed by atoms with E-state index in [1.165, 1.54) is 23.1 Å². The summed E-state index contributed by atoms with van der Waals surface area (Å²) in [6.07, 6.45) is 6.29. The third kappa shape index (κ3) is 8.15. The number of carbonyl (C=O) groups excluding carboxylic acids is 2. The first-order valence-corrected chi connectivity index (χ1v) is 15.7. The molecular weight excluding hydrogens is 592 g/mol. The van der Waals surface area contributed by atoms with Gasteiger partial charge in [0.2, 0.25) is 21.8 Å². The van der Waals surface area contributed by atoms with E-state index >= 15 is 0 Å². The minimum atomic E-state index is -3.94. The van der Waals surface area contributed by atoms with Crippen molar-refractivity contribution in [2.75, 3.05) is 17.1 Å². The van der Waals surface area contributed by atoms with Gasteiger partial charge in [-0.15, -0.1) is 0 Å². The maximum Gasteiger partial charge on any atom is 0.244 e. The number of hydrogen-bond acceptors (Lipinski definition) is 4. The lowest BCUT2D eigenvalue weighted by Crippen LogP contribution is -2.54. The molecular formula is C26H31Cl4N3O4S. The summed E-state index contributed by atoms with van der Waals surface area (Å²) >= 11 is 24.7. The summed E-state index contributed by atoms with van der Waals surface area (Å²) in [5.41, 5.74) is 0.715. The molecule has 1 saturated carbocycles. The molecule has 2 amide bonds. The molecule has 0 bridgehead atoms. The smallest absolute Gasteiger partial charge is 0.244 e. The molecule has 208 valence electrons. The lowest BCUT2D eigenvalue weighted by molar-refractivity contribution is -0.140. The molecule has 1 atom stereocenters. The second kappa shape index (κ2) is 13.6. The molecule has 1 fully saturated rings. The van der Waals surface area contributed by atoms with Gasteiger partial charge in [0.25, 0.3) is 0 Å². The van der Waals surface area contributed by atoms with Crippen molar-refractivity contribution >= 4 is 73.9 Å². The van der Waals surface area contributed by atoms with Crippen molar-refractivity contribution < 1.29 is 18.0 Å². The van der Waals surface area contributed by atoms with Crippen LogP contribution in [0.2, 0.25) is 20.1 Å². The van der Waals surface area contributed by atoms with Gasteiger partial charge in [0, 0.05) is 17.6 Å². The Balaban J connectivity index is 1.96. The molecule has 38 heavy (non-hydrogen) atoms. The Morgan fingerprint density at radius 2 is 1.63 bits per heavy atom. The Hall–Kier alpha value is -1.71. The number of nitrogens with zero attached hydrogens (tertiary/aromatic N) is 2. The molecule has 0 saturated heterocycles. The van der Waals surface area contributed by atoms with E-state index in [1.807, 2.05) is 6.92 Å². The summed E-state index contributed by atoms with van der Waals surface area (Å²) in [6.45, 7) is 1.25. The van der Waals surface area contributed by atoms with Crippen molar-refractivity contribution in [2.24, 2.45) is 0 Å². The van der Waals surface area contributed by atoms with Crippen LogP contribution >= 0.6 is 46.4 Å². The molecule has 0 heterocycles. The van der Waals surface area contributed by atoms with Gasteiger partial charge in [-0.1, -0.05) is 78.7 Å². The molecule has 0 spiro atoms. The summed E-state index contributed by atoms with van der Waals surface area (Å²) < 4.78 is 26.4. The van der Waals surface area contributed by atoms with Gasteiger partial charge >= 0.3 is 0 Å². The van der Waals surface area contributed by atoms with Crippen molar-refractivity contribution in [1.29, 1.82) is 0 Å². The number of nitrogens with one attached hydrogen (secondary N) is 1. The topological polar surface area (TPSA) is 86.8 Å². The van der Waals surface area contributed by atoms with Crippen LogP contribution in [0.5, 0.6) is 0 Å². The number of amides is 2. The molecule has 2 aromatic rings. The summed E-state index contributed by atoms with van der Waals surface area (Å²) in [6, 6.07) is 8.52. The number of benzene rings is 2. The third-order valence-electron chi connectivity index (χ3n) is 6.53. The van der Waals surface area contributed by atoms with Gasteiger partial charge in [0.1, 0.15) is 12.6 Å². The number of anilines is 1. The number of carbonyl (C=O) groups is 2. The monoisotopic (exact) mass is 621 g/mol. The van der Waals surface area contributed by atoms with Gasteiger partial charge in [-0.2, -0.15) is 0 Å². The fourth-order valence-electron chi connectivity index (χ4n) is 4.57. The van der Waals surface area contributed by atoms with E-state index in [9.17, 15) is 18.0 Å². The first-order chi connectivity index (χ1) is 17.9. The average molecular weight is 623 g/mol. The molecule has 0 unspecified atom stereocenters. The number of sulfonamides is 1. The van der Waals surface area contributed by atoms with Crippen LogP contribution in [-0.2, 0) is 26.2 Å². The van der Waals surface area contributed by atoms with Crippen LogP contribution in [0.3, 0.4) is 0 Å². The molecule has 0 aliphatic heterocycles. The Morgan fingerprint density at radius 3 is 2.24 bits per heavy atom. The molecule has 0 aromatic heterocycles. The van der Waals surface area contributed by atoms with E-state index in [0.717, 1.165) is 42.7 Å². The third-order valence-corrected chi connectivity index (χ3v) is 8.95. The van der Waals surface area contributed by atoms with E-state index in [4.69, 9.17) is 46.4 Å². The lowest BCUT2D eigenvalue weighted by Gasteiger charge is -2.34. The fraction of sp³-hybridized carbons (Fsp3) is 0.462. The Bertz CT molecular complexity index is 1270. The number of rotatable bonds is 10. The highest BCUT2D eigenvalue weighted by atomic mass is 35.5. The molecule has 1 N–H and O–H groups in total. The minimum absolute atomic E-state index is 0.0210. The standard InChI is InChI=1S/C26H31Cl4N3O4S/c1-3-23(26(35)31-19-7-5-4-6-8-19)32(15-17-9-11-20(28)22(30)13-17)25(34)16-33(38(2,36)37)24-14-18(27)10-12-21(24)29/h9-14,19,23H,3-8,15-16H2,1-2H3,(H,31,35)/t23-/m0/s1. The predicted molar refractivity (Wildman–Crippen MR) is 155 cm³/mol. The summed E-state index contributed by atoms with van der Waals surface area (Å²) in [4.78, 5) is 28.6. The maximum absolute atomic E-state index is 13.8. The summed E-state index contributed by atoms with van der Waals surface area (Å²) in [5, 5.41) is 4.13. The first kappa shape index (κ1) is 30.8. The largest absolute Gasteiger partial charge is 0.352 e. The van der Waals surface area contributed by atoms with Gasteiger partial charge in [-0.05, 0) is 55.2 Å². The van der Waals surface area contributed by atoms with E-state index < -0.39 is 28.5 Å². The lowest BCUT2D eigenvalue weighted by atomic mass is 9.95. The zero-order valence-electron chi connectivity index (χ0n) is 21.2. The highest BCUT2D eigenvalue weighted by molar-refractivity contribution is 7.92. The summed E-state index contributed by atoms with van der Waals surface area (Å²) in [7, 11) is -3.94. The SMILES string of the molecule is CC[C@@H](C(=O)NC1CCCCC1)N(Cc1ccc(Cl)c(Cl)c1)C(=O)CN(c1cc(Cl)ccc1Cl)S(C)(=O)=O. The summed E-state index contributed by atoms with van der Waals surface area (Å²) in [5.74, 6) is -0.859. The molecule has 12 heteroatoms. The van der Waals surface area contributed by atoms with Gasteiger partial charge in [-0.3, -0.25) is 13.9 Å². The fourth-order valence-corrected chi connectivity index (χ4v) is 6.18. The van der Waals surface area contributed by atoms with Crippen molar-refractivity contribution in [3.63, 3.8) is 0 Å². The van der Waals surface area contributed by atoms with Crippen LogP contribution < -0.4 is 9.62 Å². The quantitative estimate of drug-likeness (QED) is 0.336. The Kier molecular flexibility index (Phi) is 11.0. The molecule has 1 aliphatic carbocycles. The molecule has 7 nitrogen and oxygen atoms in total. The molecule has 1 aliphatic rings. The van der Waals surface area contributed by atoms with Gasteiger partial charge < -0.3 is 10.2 Å². The second-order valence-electron chi connectivity index (χ2n) is 9.40. The van der Waals surface area contributed by atoms with Crippen LogP contribution in [0.15, 0.2) is 36.4 Å². The van der Waals surface area contributed by atoms with E-state index in [2.05, 4.69) is 5.32 Å². The van der Waals surface area contributed by atoms with Crippen LogP contribution in [0, 0.1) is 0 Å².